The van der Waals surface area contributed by atoms with Gasteiger partial charge in [-0.1, -0.05) is 6.92 Å². The molecule has 0 aliphatic carbocycles. The summed E-state index contributed by atoms with van der Waals surface area (Å²) in [6, 6.07) is 3.33. The molecule has 2 aromatic rings. The first-order valence-corrected chi connectivity index (χ1v) is 5.45. The van der Waals surface area contributed by atoms with Crippen LogP contribution in [0.2, 0.25) is 0 Å². The molecule has 0 radical (unpaired) electrons. The summed E-state index contributed by atoms with van der Waals surface area (Å²) in [5.74, 6) is 1.02. The highest BCUT2D eigenvalue weighted by Crippen LogP contribution is 2.17. The molecular weight excluding hydrogens is 220 g/mol. The molecule has 0 aromatic carbocycles. The lowest BCUT2D eigenvalue weighted by Gasteiger charge is -2.00. The third-order valence-corrected chi connectivity index (χ3v) is 2.14. The Balaban J connectivity index is 2.03. The lowest BCUT2D eigenvalue weighted by molar-refractivity contribution is 0.274. The van der Waals surface area contributed by atoms with Crippen LogP contribution in [0.5, 0.6) is 11.6 Å². The van der Waals surface area contributed by atoms with Crippen LogP contribution in [0.25, 0.3) is 0 Å². The van der Waals surface area contributed by atoms with Gasteiger partial charge in [0.05, 0.1) is 24.7 Å². The maximum absolute atomic E-state index is 8.82. The molecule has 0 aliphatic rings. The Morgan fingerprint density at radius 1 is 1.35 bits per heavy atom. The summed E-state index contributed by atoms with van der Waals surface area (Å²) in [5.41, 5.74) is 0.513. The smallest absolute Gasteiger partial charge is 0.239 e. The van der Waals surface area contributed by atoms with Crippen LogP contribution in [0.15, 0.2) is 24.5 Å². The van der Waals surface area contributed by atoms with Crippen LogP contribution in [-0.2, 0) is 13.2 Å². The molecular formula is C11H14N4O2. The topological polar surface area (TPSA) is 73.1 Å². The van der Waals surface area contributed by atoms with Gasteiger partial charge in [-0.3, -0.25) is 4.68 Å². The highest BCUT2D eigenvalue weighted by Gasteiger charge is 2.02. The highest BCUT2D eigenvalue weighted by molar-refractivity contribution is 5.21. The minimum absolute atomic E-state index is 0.123. The zero-order chi connectivity index (χ0) is 12.1. The van der Waals surface area contributed by atoms with E-state index in [1.54, 1.807) is 18.3 Å². The number of aliphatic hydroxyl groups excluding tert-OH is 1. The average Bonchev–Trinajstić information content (AvgIpc) is 2.78. The van der Waals surface area contributed by atoms with Crippen molar-refractivity contribution < 1.29 is 9.84 Å². The van der Waals surface area contributed by atoms with Crippen molar-refractivity contribution in [3.05, 3.63) is 30.2 Å². The second-order valence-electron chi connectivity index (χ2n) is 3.56. The number of nitrogens with zero attached hydrogens (tertiary/aromatic N) is 4. The minimum atomic E-state index is -0.123. The summed E-state index contributed by atoms with van der Waals surface area (Å²) >= 11 is 0. The van der Waals surface area contributed by atoms with E-state index in [9.17, 15) is 0 Å². The van der Waals surface area contributed by atoms with E-state index >= 15 is 0 Å². The van der Waals surface area contributed by atoms with E-state index in [1.165, 1.54) is 0 Å². The third kappa shape index (κ3) is 3.01. The van der Waals surface area contributed by atoms with Crippen molar-refractivity contribution in [3.8, 4) is 11.6 Å². The normalized spacial score (nSPS) is 10.5. The summed E-state index contributed by atoms with van der Waals surface area (Å²) in [6.07, 6.45) is 4.47. The van der Waals surface area contributed by atoms with Gasteiger partial charge in [0.2, 0.25) is 5.88 Å². The summed E-state index contributed by atoms with van der Waals surface area (Å²) in [6.45, 7) is 2.82. The highest BCUT2D eigenvalue weighted by atomic mass is 16.5. The number of aromatic nitrogens is 4. The molecule has 0 bridgehead atoms. The predicted molar refractivity (Wildman–Crippen MR) is 60.5 cm³/mol. The van der Waals surface area contributed by atoms with Crippen molar-refractivity contribution in [2.45, 2.75) is 26.5 Å². The Hall–Kier alpha value is -1.95. The molecule has 2 aromatic heterocycles. The number of hydrogen-bond donors (Lipinski definition) is 1. The molecule has 2 rings (SSSR count). The summed E-state index contributed by atoms with van der Waals surface area (Å²) in [4.78, 5) is 0. The van der Waals surface area contributed by atoms with E-state index in [0.29, 0.717) is 17.3 Å². The first-order valence-electron chi connectivity index (χ1n) is 5.45. The fraction of sp³-hybridized carbons (Fsp3) is 0.364. The number of ether oxygens (including phenoxy) is 1. The fourth-order valence-corrected chi connectivity index (χ4v) is 1.36. The maximum Gasteiger partial charge on any atom is 0.239 e. The molecule has 0 unspecified atom stereocenters. The zero-order valence-electron chi connectivity index (χ0n) is 9.58. The Labute approximate surface area is 98.9 Å². The van der Waals surface area contributed by atoms with Gasteiger partial charge in [-0.05, 0) is 12.5 Å². The SMILES string of the molecule is CCCn1cc(Oc2ccc(CO)nn2)cn1. The molecule has 1 N–H and O–H groups in total. The molecule has 2 heterocycles. The Morgan fingerprint density at radius 2 is 2.24 bits per heavy atom. The number of aryl methyl sites for hydroxylation is 1. The van der Waals surface area contributed by atoms with Crippen LogP contribution >= 0.6 is 0 Å². The predicted octanol–water partition coefficient (Wildman–Crippen LogP) is 1.37. The van der Waals surface area contributed by atoms with E-state index in [2.05, 4.69) is 22.2 Å². The van der Waals surface area contributed by atoms with Crippen molar-refractivity contribution >= 4 is 0 Å². The van der Waals surface area contributed by atoms with Crippen molar-refractivity contribution in [1.82, 2.24) is 20.0 Å². The average molecular weight is 234 g/mol. The molecule has 6 heteroatoms. The standard InChI is InChI=1S/C11H14N4O2/c1-2-5-15-7-10(6-12-15)17-11-4-3-9(8-16)13-14-11/h3-4,6-7,16H,2,5,8H2,1H3. The largest absolute Gasteiger partial charge is 0.434 e. The van der Waals surface area contributed by atoms with Gasteiger partial charge in [0.25, 0.3) is 0 Å². The van der Waals surface area contributed by atoms with E-state index in [-0.39, 0.29) is 6.61 Å². The zero-order valence-corrected chi connectivity index (χ0v) is 9.58. The first kappa shape index (κ1) is 11.5. The lowest BCUT2D eigenvalue weighted by atomic mass is 10.4. The van der Waals surface area contributed by atoms with E-state index in [1.807, 2.05) is 10.9 Å². The van der Waals surface area contributed by atoms with Gasteiger partial charge in [-0.15, -0.1) is 10.2 Å². The van der Waals surface area contributed by atoms with E-state index in [0.717, 1.165) is 13.0 Å². The van der Waals surface area contributed by atoms with Crippen molar-refractivity contribution in [2.75, 3.05) is 0 Å². The van der Waals surface area contributed by atoms with Gasteiger partial charge < -0.3 is 9.84 Å². The minimum Gasteiger partial charge on any atom is -0.434 e. The van der Waals surface area contributed by atoms with Crippen LogP contribution in [-0.4, -0.2) is 25.1 Å². The molecule has 6 nitrogen and oxygen atoms in total. The second kappa shape index (κ2) is 5.40. The molecule has 0 saturated heterocycles. The number of rotatable bonds is 5. The van der Waals surface area contributed by atoms with Gasteiger partial charge in [0.1, 0.15) is 0 Å². The molecule has 0 fully saturated rings. The van der Waals surface area contributed by atoms with Crippen molar-refractivity contribution in [3.63, 3.8) is 0 Å². The maximum atomic E-state index is 8.82. The summed E-state index contributed by atoms with van der Waals surface area (Å²) in [7, 11) is 0. The molecule has 0 aliphatic heterocycles. The van der Waals surface area contributed by atoms with Gasteiger partial charge in [0.15, 0.2) is 5.75 Å². The lowest BCUT2D eigenvalue weighted by Crippen LogP contribution is -1.96. The first-order chi connectivity index (χ1) is 8.31. The van der Waals surface area contributed by atoms with E-state index in [4.69, 9.17) is 9.84 Å². The van der Waals surface area contributed by atoms with Gasteiger partial charge in [-0.2, -0.15) is 5.10 Å². The Bertz CT molecular complexity index is 467. The van der Waals surface area contributed by atoms with Gasteiger partial charge in [0, 0.05) is 12.6 Å². The summed E-state index contributed by atoms with van der Waals surface area (Å²) < 4.78 is 7.28. The monoisotopic (exact) mass is 234 g/mol. The second-order valence-corrected chi connectivity index (χ2v) is 3.56. The third-order valence-electron chi connectivity index (χ3n) is 2.14. The van der Waals surface area contributed by atoms with E-state index < -0.39 is 0 Å². The summed E-state index contributed by atoms with van der Waals surface area (Å²) in [5, 5.41) is 20.6. The molecule has 0 spiro atoms. The van der Waals surface area contributed by atoms with Gasteiger partial charge in [-0.25, -0.2) is 0 Å². The molecule has 0 atom stereocenters. The molecule has 90 valence electrons. The van der Waals surface area contributed by atoms with Gasteiger partial charge >= 0.3 is 0 Å². The number of hydrogen-bond acceptors (Lipinski definition) is 5. The fourth-order valence-electron chi connectivity index (χ4n) is 1.36. The van der Waals surface area contributed by atoms with Crippen LogP contribution in [0.1, 0.15) is 19.0 Å². The Morgan fingerprint density at radius 3 is 2.88 bits per heavy atom. The molecule has 0 amide bonds. The van der Waals surface area contributed by atoms with Crippen LogP contribution in [0.3, 0.4) is 0 Å². The van der Waals surface area contributed by atoms with Crippen molar-refractivity contribution in [1.29, 1.82) is 0 Å². The molecule has 0 saturated carbocycles. The molecule has 17 heavy (non-hydrogen) atoms. The number of aliphatic hydroxyl groups is 1. The van der Waals surface area contributed by atoms with Crippen LogP contribution in [0.4, 0.5) is 0 Å². The Kier molecular flexibility index (Phi) is 3.66. The van der Waals surface area contributed by atoms with Crippen LogP contribution < -0.4 is 4.74 Å². The van der Waals surface area contributed by atoms with Crippen LogP contribution in [0, 0.1) is 0 Å². The van der Waals surface area contributed by atoms with Crippen molar-refractivity contribution in [2.24, 2.45) is 0 Å². The quantitative estimate of drug-likeness (QED) is 0.845.